The molecule has 0 amide bonds. The van der Waals surface area contributed by atoms with E-state index in [1.165, 1.54) is 0 Å². The highest BCUT2D eigenvalue weighted by Gasteiger charge is 2.09. The molecule has 0 aliphatic rings. The molecule has 0 fully saturated rings. The number of hydrogen-bond donors (Lipinski definition) is 1. The molecule has 0 bridgehead atoms. The predicted octanol–water partition coefficient (Wildman–Crippen LogP) is 1.64. The van der Waals surface area contributed by atoms with E-state index in [-0.39, 0.29) is 17.3 Å². The molecule has 7 heteroatoms. The summed E-state index contributed by atoms with van der Waals surface area (Å²) < 4.78 is 20.8. The minimum Gasteiger partial charge on any atom is -0.287 e. The van der Waals surface area contributed by atoms with E-state index >= 15 is 0 Å². The van der Waals surface area contributed by atoms with Gasteiger partial charge in [0, 0.05) is 30.0 Å². The average molecular weight is 296 g/mol. The van der Waals surface area contributed by atoms with Gasteiger partial charge in [-0.1, -0.05) is 0 Å². The summed E-state index contributed by atoms with van der Waals surface area (Å²) in [5, 5.41) is 1.36. The lowest BCUT2D eigenvalue weighted by molar-refractivity contribution is -0.111. The highest BCUT2D eigenvalue weighted by atomic mass is 32.2. The summed E-state index contributed by atoms with van der Waals surface area (Å²) in [4.78, 5) is 20.1. The second-order valence-corrected chi connectivity index (χ2v) is 5.98. The van der Waals surface area contributed by atoms with E-state index in [1.54, 1.807) is 24.5 Å². The molecule has 0 radical (unpaired) electrons. The van der Waals surface area contributed by atoms with Crippen molar-refractivity contribution in [2.24, 2.45) is 0 Å². The molecule has 2 aromatic heterocycles. The quantitative estimate of drug-likeness (QED) is 0.667. The van der Waals surface area contributed by atoms with Gasteiger partial charge in [0.15, 0.2) is 5.12 Å². The third-order valence-electron chi connectivity index (χ3n) is 2.43. The van der Waals surface area contributed by atoms with Crippen LogP contribution < -0.4 is 0 Å². The minimum atomic E-state index is -2.41. The molecule has 19 heavy (non-hydrogen) atoms. The maximum Gasteiger partial charge on any atom is 0.195 e. The second kappa shape index (κ2) is 6.63. The van der Waals surface area contributed by atoms with Crippen LogP contribution in [-0.2, 0) is 15.5 Å². The summed E-state index contributed by atoms with van der Waals surface area (Å²) >= 11 is 1.04. The standard InChI is InChI=1S/C12H12N2O3S2/c15-11(4-2-8-19(16)17)18-12-9-3-1-6-13-10(9)5-7-14-12/h1,3,5-7,19H,2,4,8H2. The Hall–Kier alpha value is -1.47. The lowest BCUT2D eigenvalue weighted by Crippen LogP contribution is -1.97. The summed E-state index contributed by atoms with van der Waals surface area (Å²) in [5.74, 6) is 0.0478. The Balaban J connectivity index is 2.07. The van der Waals surface area contributed by atoms with Crippen molar-refractivity contribution in [3.8, 4) is 0 Å². The van der Waals surface area contributed by atoms with Crippen LogP contribution in [0.2, 0.25) is 0 Å². The van der Waals surface area contributed by atoms with Crippen LogP contribution in [0.3, 0.4) is 0 Å². The van der Waals surface area contributed by atoms with Gasteiger partial charge >= 0.3 is 0 Å². The van der Waals surface area contributed by atoms with E-state index in [2.05, 4.69) is 9.97 Å². The Morgan fingerprint density at radius 3 is 2.84 bits per heavy atom. The van der Waals surface area contributed by atoms with Crippen LogP contribution >= 0.6 is 11.8 Å². The van der Waals surface area contributed by atoms with E-state index < -0.39 is 10.7 Å². The maximum absolute atomic E-state index is 11.7. The number of hydrogen-bond acceptors (Lipinski definition) is 6. The van der Waals surface area contributed by atoms with Crippen LogP contribution in [0.4, 0.5) is 0 Å². The number of thiol groups is 1. The number of rotatable bonds is 5. The summed E-state index contributed by atoms with van der Waals surface area (Å²) in [5.41, 5.74) is 0.787. The van der Waals surface area contributed by atoms with Gasteiger partial charge in [0.05, 0.1) is 5.52 Å². The van der Waals surface area contributed by atoms with Gasteiger partial charge in [-0.2, -0.15) is 0 Å². The smallest absolute Gasteiger partial charge is 0.195 e. The molecule has 0 N–H and O–H groups in total. The molecule has 2 rings (SSSR count). The largest absolute Gasteiger partial charge is 0.287 e. The molecule has 0 saturated heterocycles. The third kappa shape index (κ3) is 4.00. The zero-order valence-corrected chi connectivity index (χ0v) is 11.7. The Morgan fingerprint density at radius 2 is 2.05 bits per heavy atom. The molecule has 2 aromatic rings. The number of carbonyl (C=O) groups is 1. The molecule has 2 heterocycles. The minimum absolute atomic E-state index is 0.0478. The van der Waals surface area contributed by atoms with Gasteiger partial charge in [0.2, 0.25) is 0 Å². The summed E-state index contributed by atoms with van der Waals surface area (Å²) in [7, 11) is -2.41. The number of pyridine rings is 2. The fraction of sp³-hybridized carbons (Fsp3) is 0.250. The lowest BCUT2D eigenvalue weighted by atomic mass is 10.3. The van der Waals surface area contributed by atoms with Gasteiger partial charge in [-0.3, -0.25) is 9.78 Å². The summed E-state index contributed by atoms with van der Waals surface area (Å²) in [6.07, 6.45) is 3.88. The van der Waals surface area contributed by atoms with Crippen molar-refractivity contribution in [1.29, 1.82) is 0 Å². The third-order valence-corrected chi connectivity index (χ3v) is 4.06. The molecule has 0 aromatic carbocycles. The molecule has 0 saturated carbocycles. The van der Waals surface area contributed by atoms with Crippen LogP contribution in [0.15, 0.2) is 35.6 Å². The van der Waals surface area contributed by atoms with Gasteiger partial charge in [-0.05, 0) is 36.4 Å². The monoisotopic (exact) mass is 296 g/mol. The number of thioether (sulfide) groups is 1. The van der Waals surface area contributed by atoms with Crippen molar-refractivity contribution in [2.75, 3.05) is 5.75 Å². The lowest BCUT2D eigenvalue weighted by Gasteiger charge is -2.03. The molecule has 0 aliphatic heterocycles. The molecule has 0 spiro atoms. The second-order valence-electron chi connectivity index (χ2n) is 3.82. The van der Waals surface area contributed by atoms with Crippen molar-refractivity contribution >= 4 is 38.5 Å². The van der Waals surface area contributed by atoms with E-state index in [4.69, 9.17) is 0 Å². The van der Waals surface area contributed by atoms with E-state index in [9.17, 15) is 13.2 Å². The van der Waals surface area contributed by atoms with Gasteiger partial charge in [-0.15, -0.1) is 0 Å². The summed E-state index contributed by atoms with van der Waals surface area (Å²) in [6, 6.07) is 5.44. The van der Waals surface area contributed by atoms with Crippen LogP contribution in [0.1, 0.15) is 12.8 Å². The normalized spacial score (nSPS) is 11.0. The first-order chi connectivity index (χ1) is 9.16. The predicted molar refractivity (Wildman–Crippen MR) is 74.8 cm³/mol. The first kappa shape index (κ1) is 14.0. The zero-order chi connectivity index (χ0) is 13.7. The van der Waals surface area contributed by atoms with E-state index in [0.29, 0.717) is 11.4 Å². The van der Waals surface area contributed by atoms with E-state index in [0.717, 1.165) is 22.7 Å². The van der Waals surface area contributed by atoms with Crippen LogP contribution in [0, 0.1) is 0 Å². The van der Waals surface area contributed by atoms with Crippen molar-refractivity contribution in [3.63, 3.8) is 0 Å². The Labute approximate surface area is 116 Å². The van der Waals surface area contributed by atoms with Crippen molar-refractivity contribution < 1.29 is 13.2 Å². The van der Waals surface area contributed by atoms with Crippen molar-refractivity contribution in [3.05, 3.63) is 30.6 Å². The number of aromatic nitrogens is 2. The molecule has 0 unspecified atom stereocenters. The molecule has 0 atom stereocenters. The van der Waals surface area contributed by atoms with Crippen molar-refractivity contribution in [1.82, 2.24) is 9.97 Å². The molecular weight excluding hydrogens is 284 g/mol. The highest BCUT2D eigenvalue weighted by Crippen LogP contribution is 2.25. The topological polar surface area (TPSA) is 77.0 Å². The summed E-state index contributed by atoms with van der Waals surface area (Å²) in [6.45, 7) is 0. The van der Waals surface area contributed by atoms with Gasteiger partial charge in [0.1, 0.15) is 15.7 Å². The van der Waals surface area contributed by atoms with Crippen molar-refractivity contribution in [2.45, 2.75) is 17.9 Å². The van der Waals surface area contributed by atoms with Gasteiger partial charge in [-0.25, -0.2) is 13.4 Å². The van der Waals surface area contributed by atoms with Crippen LogP contribution in [0.5, 0.6) is 0 Å². The SMILES string of the molecule is O=C(CCC[SH](=O)=O)Sc1nccc2ncccc12. The maximum atomic E-state index is 11.7. The first-order valence-electron chi connectivity index (χ1n) is 5.69. The Morgan fingerprint density at radius 1 is 1.21 bits per heavy atom. The Bertz CT molecular complexity index is 658. The number of nitrogens with zero attached hydrogens (tertiary/aromatic N) is 2. The van der Waals surface area contributed by atoms with Crippen LogP contribution in [-0.4, -0.2) is 29.3 Å². The van der Waals surface area contributed by atoms with Gasteiger partial charge < -0.3 is 0 Å². The fourth-order valence-corrected chi connectivity index (χ4v) is 2.84. The Kier molecular flexibility index (Phi) is 4.86. The highest BCUT2D eigenvalue weighted by molar-refractivity contribution is 8.13. The first-order valence-corrected chi connectivity index (χ1v) is 7.87. The fourth-order valence-electron chi connectivity index (χ4n) is 1.57. The van der Waals surface area contributed by atoms with E-state index in [1.807, 2.05) is 6.07 Å². The molecule has 100 valence electrons. The van der Waals surface area contributed by atoms with Gasteiger partial charge in [0.25, 0.3) is 0 Å². The molecular formula is C12H12N2O3S2. The molecule has 5 nitrogen and oxygen atoms in total. The van der Waals surface area contributed by atoms with Crippen LogP contribution in [0.25, 0.3) is 10.9 Å². The number of carbonyl (C=O) groups excluding carboxylic acids is 1. The average Bonchev–Trinajstić information content (AvgIpc) is 2.39. The zero-order valence-electron chi connectivity index (χ0n) is 9.98. The number of fused-ring (bicyclic) bond motifs is 1. The molecule has 0 aliphatic carbocycles.